The minimum atomic E-state index is -8.25. The molecule has 142 valence electrons. The van der Waals surface area contributed by atoms with Crippen LogP contribution in [0.2, 0.25) is 0 Å². The van der Waals surface area contributed by atoms with Crippen LogP contribution in [0.1, 0.15) is 0 Å². The van der Waals surface area contributed by atoms with Gasteiger partial charge in [-0.1, -0.05) is 0 Å². The number of nitrogens with zero attached hydrogens (tertiary/aromatic N) is 13. The monoisotopic (exact) mass is 473 g/mol. The van der Waals surface area contributed by atoms with E-state index in [1.807, 2.05) is 0 Å². The first-order valence-electron chi connectivity index (χ1n) is 5.27. The average molecular weight is 473 g/mol. The quantitative estimate of drug-likeness (QED) is 0.273. The normalized spacial score (nSPS) is 14.6. The predicted molar refractivity (Wildman–Crippen MR) is 74.4 cm³/mol. The van der Waals surface area contributed by atoms with Crippen LogP contribution in [-0.2, 0) is 20.4 Å². The SMILES string of the molecule is N#[C][Co]([C]#N)([C]#N)([C]#N)([C]#N)[C]#N.N#[C][Fe]([C]#N)([C]#N)([C]#N)([C]#N)([C]#N)[N+](=O)[O-]. The Bertz CT molecular complexity index is 1170. The maximum atomic E-state index is 10.9. The molecular weight excluding hydrogens is 473 g/mol. The summed E-state index contributed by atoms with van der Waals surface area (Å²) < 4.78 is -1.94. The van der Waals surface area contributed by atoms with Crippen molar-refractivity contribution in [2.24, 2.45) is 0 Å². The molecule has 0 unspecified atom stereocenters. The molecule has 0 saturated carbocycles. The Morgan fingerprint density at radius 1 is 0.517 bits per heavy atom. The van der Waals surface area contributed by atoms with Gasteiger partial charge in [-0.25, -0.2) is 0 Å². The predicted octanol–water partition coefficient (Wildman–Crippen LogP) is -0.0762. The van der Waals surface area contributed by atoms with Crippen molar-refractivity contribution in [2.45, 2.75) is 0 Å². The summed E-state index contributed by atoms with van der Waals surface area (Å²) >= 11 is 0. The van der Waals surface area contributed by atoms with Gasteiger partial charge in [0.15, 0.2) is 0 Å². The third-order valence-electron chi connectivity index (χ3n) is 2.90. The zero-order valence-corrected chi connectivity index (χ0v) is 15.5. The minimum absolute atomic E-state index is 0.542. The summed E-state index contributed by atoms with van der Waals surface area (Å²) in [4.78, 5) is 14.2. The molecule has 0 fully saturated rings. The Morgan fingerprint density at radius 2 is 0.690 bits per heavy atom. The van der Waals surface area contributed by atoms with Crippen LogP contribution < -0.4 is 0 Å². The van der Waals surface area contributed by atoms with Crippen molar-refractivity contribution >= 4 is 0 Å². The fraction of sp³-hybridized carbons (Fsp3) is 0. The van der Waals surface area contributed by atoms with Gasteiger partial charge >= 0.3 is 157 Å². The van der Waals surface area contributed by atoms with E-state index in [1.165, 1.54) is 0 Å². The Hall–Kier alpha value is -5.69. The summed E-state index contributed by atoms with van der Waals surface area (Å²) in [5, 5.41) is 121. The molecule has 0 aromatic heterocycles. The zero-order valence-electron chi connectivity index (χ0n) is 13.3. The molecule has 0 radical (unpaired) electrons. The van der Waals surface area contributed by atoms with E-state index in [2.05, 4.69) is 0 Å². The third-order valence-corrected chi connectivity index (χ3v) is 12.0. The van der Waals surface area contributed by atoms with Gasteiger partial charge in [-0.3, -0.25) is 0 Å². The van der Waals surface area contributed by atoms with E-state index in [0.717, 1.165) is 30.0 Å². The van der Waals surface area contributed by atoms with E-state index in [9.17, 15) is 10.1 Å². The van der Waals surface area contributed by atoms with Crippen molar-refractivity contribution < 1.29 is 24.4 Å². The third kappa shape index (κ3) is 1.76. The van der Waals surface area contributed by atoms with E-state index in [-0.39, 0.29) is 0 Å². The molecule has 0 spiro atoms. The fourth-order valence-electron chi connectivity index (χ4n) is 0.688. The van der Waals surface area contributed by atoms with Crippen molar-refractivity contribution in [3.8, 4) is 59.8 Å². The molecule has 0 atom stereocenters. The average Bonchev–Trinajstić information content (AvgIpc) is 2.82. The van der Waals surface area contributed by atoms with Gasteiger partial charge in [0.25, 0.3) is 0 Å². The summed E-state index contributed by atoms with van der Waals surface area (Å²) in [6.45, 7) is 0. The molecule has 17 heteroatoms. The molecule has 0 aliphatic rings. The standard InChI is InChI=1S/12CN.Co.Fe.NO2/c12*1-2;;;2-1-3. The van der Waals surface area contributed by atoms with Crippen LogP contribution in [0.4, 0.5) is 0 Å². The van der Waals surface area contributed by atoms with Gasteiger partial charge in [0.2, 0.25) is 0 Å². The van der Waals surface area contributed by atoms with E-state index < -0.39 is 24.4 Å². The molecule has 0 aliphatic heterocycles. The van der Waals surface area contributed by atoms with Gasteiger partial charge in [-0.15, -0.1) is 0 Å². The molecule has 0 amide bonds. The first-order valence-corrected chi connectivity index (χ1v) is 12.2. The number of rotatable bonds is 1. The van der Waals surface area contributed by atoms with Gasteiger partial charge in [-0.2, -0.15) is 0 Å². The Morgan fingerprint density at radius 3 is 0.690 bits per heavy atom. The molecule has 0 aromatic carbocycles. The van der Waals surface area contributed by atoms with Crippen LogP contribution in [0.15, 0.2) is 0 Å². The molecular formula is C12CoFeN13O2. The van der Waals surface area contributed by atoms with Gasteiger partial charge in [0, 0.05) is 0 Å². The van der Waals surface area contributed by atoms with E-state index in [4.69, 9.17) is 63.1 Å². The number of hydrogen-bond acceptors (Lipinski definition) is 14. The van der Waals surface area contributed by atoms with Crippen LogP contribution in [0.3, 0.4) is 0 Å². The van der Waals surface area contributed by atoms with Crippen LogP contribution >= 0.6 is 0 Å². The molecule has 0 bridgehead atoms. The molecule has 0 N–H and O–H groups in total. The summed E-state index contributed by atoms with van der Waals surface area (Å²) in [5.41, 5.74) is 0. The Labute approximate surface area is 157 Å². The summed E-state index contributed by atoms with van der Waals surface area (Å²) in [6, 6.07) is 0. The van der Waals surface area contributed by atoms with Gasteiger partial charge in [-0.05, 0) is 0 Å². The number of nitro groups is 1. The number of hydrogen-bond donors (Lipinski definition) is 0. The molecule has 0 heterocycles. The number of nitriles is 12. The molecule has 0 aliphatic carbocycles. The second-order valence-electron chi connectivity index (χ2n) is 4.18. The first kappa shape index (κ1) is 25.5. The Kier molecular flexibility index (Phi) is 4.35. The van der Waals surface area contributed by atoms with Crippen molar-refractivity contribution in [1.82, 2.24) is 0 Å². The molecule has 0 saturated heterocycles. The van der Waals surface area contributed by atoms with Gasteiger partial charge in [0.1, 0.15) is 0 Å². The zero-order chi connectivity index (χ0) is 23.8. The van der Waals surface area contributed by atoms with Crippen LogP contribution in [0, 0.1) is 133 Å². The van der Waals surface area contributed by atoms with Crippen LogP contribution in [-0.4, -0.2) is 3.94 Å². The molecule has 0 aromatic rings. The van der Waals surface area contributed by atoms with Crippen LogP contribution in [0.25, 0.3) is 0 Å². The van der Waals surface area contributed by atoms with Crippen molar-refractivity contribution in [3.05, 3.63) is 10.1 Å². The molecule has 15 nitrogen and oxygen atoms in total. The fourth-order valence-corrected chi connectivity index (χ4v) is 2.84. The van der Waals surface area contributed by atoms with E-state index in [1.54, 1.807) is 0 Å². The topological polar surface area (TPSA) is 329 Å². The second kappa shape index (κ2) is 4.93. The summed E-state index contributed by atoms with van der Waals surface area (Å²) in [7, 11) is -14.3. The van der Waals surface area contributed by atoms with E-state index in [0.29, 0.717) is 29.8 Å². The van der Waals surface area contributed by atoms with E-state index >= 15 is 0 Å². The Balaban J connectivity index is 0. The van der Waals surface area contributed by atoms with Crippen molar-refractivity contribution in [3.63, 3.8) is 0 Å². The molecule has 0 rings (SSSR count). The van der Waals surface area contributed by atoms with Gasteiger partial charge < -0.3 is 0 Å². The first-order chi connectivity index (χ1) is 13.2. The van der Waals surface area contributed by atoms with Crippen LogP contribution in [0.5, 0.6) is 0 Å². The van der Waals surface area contributed by atoms with Crippen molar-refractivity contribution in [1.29, 1.82) is 63.1 Å². The van der Waals surface area contributed by atoms with Gasteiger partial charge in [0.05, 0.1) is 0 Å². The summed E-state index contributed by atoms with van der Waals surface area (Å²) in [6.07, 6.45) is 0. The maximum absolute atomic E-state index is 10.9. The van der Waals surface area contributed by atoms with Crippen molar-refractivity contribution in [2.75, 3.05) is 0 Å². The summed E-state index contributed by atoms with van der Waals surface area (Å²) in [5.74, 6) is 0. The molecule has 29 heavy (non-hydrogen) atoms. The second-order valence-corrected chi connectivity index (χ2v) is 17.0.